The number of carbonyl (C=O) groups is 1. The number of nitrogens with zero attached hydrogens (tertiary/aromatic N) is 1. The minimum absolute atomic E-state index is 0.133. The average Bonchev–Trinajstić information content (AvgIpc) is 2.81. The molecule has 0 aliphatic rings. The number of carbonyl (C=O) groups excluding carboxylic acids is 1. The van der Waals surface area contributed by atoms with Gasteiger partial charge in [0.15, 0.2) is 5.69 Å². The summed E-state index contributed by atoms with van der Waals surface area (Å²) in [5.41, 5.74) is 0.893. The predicted molar refractivity (Wildman–Crippen MR) is 67.2 cm³/mol. The van der Waals surface area contributed by atoms with Crippen molar-refractivity contribution in [1.82, 2.24) is 4.98 Å². The Morgan fingerprint density at radius 1 is 1.44 bits per heavy atom. The van der Waals surface area contributed by atoms with Gasteiger partial charge in [0.1, 0.15) is 6.26 Å². The van der Waals surface area contributed by atoms with Crippen molar-refractivity contribution in [2.75, 3.05) is 11.9 Å². The standard InChI is InChI=1S/C12H11ClN2O3/c1-2-17-11(16)10-7-18-12(15-10)14-9-5-3-8(13)4-6-9/h3-7H,2H2,1H3,(H,14,15). The van der Waals surface area contributed by atoms with Gasteiger partial charge in [0, 0.05) is 10.7 Å². The van der Waals surface area contributed by atoms with Crippen molar-refractivity contribution in [2.24, 2.45) is 0 Å². The first-order chi connectivity index (χ1) is 8.69. The zero-order valence-corrected chi connectivity index (χ0v) is 10.4. The number of aromatic nitrogens is 1. The number of hydrogen-bond acceptors (Lipinski definition) is 5. The molecular formula is C12H11ClN2O3. The largest absolute Gasteiger partial charge is 0.461 e. The van der Waals surface area contributed by atoms with Gasteiger partial charge in [0.05, 0.1) is 6.61 Å². The number of hydrogen-bond donors (Lipinski definition) is 1. The Morgan fingerprint density at radius 3 is 2.83 bits per heavy atom. The summed E-state index contributed by atoms with van der Waals surface area (Å²) in [6, 6.07) is 7.24. The topological polar surface area (TPSA) is 64.4 Å². The molecule has 0 amide bonds. The van der Waals surface area contributed by atoms with Crippen LogP contribution < -0.4 is 5.32 Å². The smallest absolute Gasteiger partial charge is 0.360 e. The molecule has 0 aliphatic carbocycles. The van der Waals surface area contributed by atoms with E-state index in [9.17, 15) is 4.79 Å². The van der Waals surface area contributed by atoms with Gasteiger partial charge in [-0.25, -0.2) is 4.79 Å². The number of anilines is 2. The first-order valence-electron chi connectivity index (χ1n) is 5.34. The molecule has 2 rings (SSSR count). The van der Waals surface area contributed by atoms with Crippen LogP contribution in [0.25, 0.3) is 0 Å². The van der Waals surface area contributed by atoms with Crippen LogP contribution in [0.15, 0.2) is 34.9 Å². The lowest BCUT2D eigenvalue weighted by atomic mass is 10.3. The second kappa shape index (κ2) is 5.55. The molecule has 1 heterocycles. The molecule has 18 heavy (non-hydrogen) atoms. The van der Waals surface area contributed by atoms with E-state index in [1.165, 1.54) is 6.26 Å². The summed E-state index contributed by atoms with van der Waals surface area (Å²) >= 11 is 5.77. The van der Waals surface area contributed by atoms with Crippen LogP contribution in [0.4, 0.5) is 11.7 Å². The highest BCUT2D eigenvalue weighted by Crippen LogP contribution is 2.18. The van der Waals surface area contributed by atoms with Gasteiger partial charge in [-0.15, -0.1) is 0 Å². The van der Waals surface area contributed by atoms with E-state index in [2.05, 4.69) is 10.3 Å². The average molecular weight is 267 g/mol. The Morgan fingerprint density at radius 2 is 2.17 bits per heavy atom. The summed E-state index contributed by atoms with van der Waals surface area (Å²) in [4.78, 5) is 15.3. The van der Waals surface area contributed by atoms with Gasteiger partial charge < -0.3 is 14.5 Å². The molecule has 0 atom stereocenters. The lowest BCUT2D eigenvalue weighted by Gasteiger charge is -2.00. The van der Waals surface area contributed by atoms with Crippen LogP contribution in [0.1, 0.15) is 17.4 Å². The Bertz CT molecular complexity index is 537. The highest BCUT2D eigenvalue weighted by molar-refractivity contribution is 6.30. The minimum atomic E-state index is -0.509. The van der Waals surface area contributed by atoms with Crippen LogP contribution in [0.3, 0.4) is 0 Å². The summed E-state index contributed by atoms with van der Waals surface area (Å²) in [6.45, 7) is 2.02. The highest BCUT2D eigenvalue weighted by atomic mass is 35.5. The van der Waals surface area contributed by atoms with Crippen molar-refractivity contribution in [1.29, 1.82) is 0 Å². The van der Waals surface area contributed by atoms with Crippen LogP contribution >= 0.6 is 11.6 Å². The summed E-state index contributed by atoms with van der Waals surface area (Å²) in [5, 5.41) is 3.54. The lowest BCUT2D eigenvalue weighted by molar-refractivity contribution is 0.0519. The highest BCUT2D eigenvalue weighted by Gasteiger charge is 2.12. The van der Waals surface area contributed by atoms with Crippen LogP contribution in [0.2, 0.25) is 5.02 Å². The van der Waals surface area contributed by atoms with E-state index in [1.807, 2.05) is 0 Å². The van der Waals surface area contributed by atoms with E-state index >= 15 is 0 Å². The summed E-state index contributed by atoms with van der Waals surface area (Å²) in [6.07, 6.45) is 1.25. The molecule has 0 fully saturated rings. The van der Waals surface area contributed by atoms with Gasteiger partial charge in [-0.05, 0) is 31.2 Å². The van der Waals surface area contributed by atoms with Crippen molar-refractivity contribution < 1.29 is 13.9 Å². The Hall–Kier alpha value is -2.01. The monoisotopic (exact) mass is 266 g/mol. The van der Waals surface area contributed by atoms with Gasteiger partial charge in [-0.2, -0.15) is 4.98 Å². The van der Waals surface area contributed by atoms with E-state index in [0.29, 0.717) is 11.6 Å². The minimum Gasteiger partial charge on any atom is -0.461 e. The molecule has 0 radical (unpaired) electrons. The molecule has 0 spiro atoms. The van der Waals surface area contributed by atoms with Gasteiger partial charge in [-0.1, -0.05) is 11.6 Å². The summed E-state index contributed by atoms with van der Waals surface area (Å²) < 4.78 is 9.91. The molecule has 0 unspecified atom stereocenters. The van der Waals surface area contributed by atoms with E-state index in [-0.39, 0.29) is 11.7 Å². The molecule has 1 aromatic carbocycles. The van der Waals surface area contributed by atoms with E-state index in [0.717, 1.165) is 5.69 Å². The van der Waals surface area contributed by atoms with Gasteiger partial charge in [-0.3, -0.25) is 0 Å². The SMILES string of the molecule is CCOC(=O)c1coc(Nc2ccc(Cl)cc2)n1. The van der Waals surface area contributed by atoms with Crippen LogP contribution in [-0.4, -0.2) is 17.6 Å². The number of oxazole rings is 1. The van der Waals surface area contributed by atoms with E-state index in [4.69, 9.17) is 20.8 Å². The van der Waals surface area contributed by atoms with Crippen molar-refractivity contribution in [3.05, 3.63) is 41.2 Å². The quantitative estimate of drug-likeness (QED) is 0.861. The maximum Gasteiger partial charge on any atom is 0.360 e. The fourth-order valence-electron chi connectivity index (χ4n) is 1.29. The van der Waals surface area contributed by atoms with Crippen LogP contribution in [0.5, 0.6) is 0 Å². The Kier molecular flexibility index (Phi) is 3.84. The number of nitrogens with one attached hydrogen (secondary N) is 1. The van der Waals surface area contributed by atoms with Crippen LogP contribution in [-0.2, 0) is 4.74 Å². The summed E-state index contributed by atoms with van der Waals surface area (Å²) in [7, 11) is 0. The fourth-order valence-corrected chi connectivity index (χ4v) is 1.41. The van der Waals surface area contributed by atoms with Gasteiger partial charge in [0.2, 0.25) is 0 Å². The molecule has 6 heteroatoms. The number of rotatable bonds is 4. The maximum absolute atomic E-state index is 11.4. The van der Waals surface area contributed by atoms with Crippen molar-refractivity contribution in [3.8, 4) is 0 Å². The number of halogens is 1. The first-order valence-corrected chi connectivity index (χ1v) is 5.72. The zero-order chi connectivity index (χ0) is 13.0. The maximum atomic E-state index is 11.4. The third-order valence-electron chi connectivity index (χ3n) is 2.08. The van der Waals surface area contributed by atoms with Crippen molar-refractivity contribution >= 4 is 29.3 Å². The first kappa shape index (κ1) is 12.4. The predicted octanol–water partition coefficient (Wildman–Crippen LogP) is 3.25. The zero-order valence-electron chi connectivity index (χ0n) is 9.64. The molecule has 0 saturated carbocycles. The third-order valence-corrected chi connectivity index (χ3v) is 2.34. The number of esters is 1. The van der Waals surface area contributed by atoms with Gasteiger partial charge >= 0.3 is 5.97 Å². The Labute approximate surface area is 109 Å². The van der Waals surface area contributed by atoms with Crippen molar-refractivity contribution in [3.63, 3.8) is 0 Å². The molecule has 1 N–H and O–H groups in total. The molecule has 0 aliphatic heterocycles. The second-order valence-electron chi connectivity index (χ2n) is 3.39. The fraction of sp³-hybridized carbons (Fsp3) is 0.167. The molecule has 0 bridgehead atoms. The Balaban J connectivity index is 2.06. The summed E-state index contributed by atoms with van der Waals surface area (Å²) in [5.74, 6) is -0.509. The second-order valence-corrected chi connectivity index (χ2v) is 3.83. The lowest BCUT2D eigenvalue weighted by Crippen LogP contribution is -2.04. The number of ether oxygens (including phenoxy) is 1. The number of benzene rings is 1. The normalized spacial score (nSPS) is 10.1. The molecular weight excluding hydrogens is 256 g/mol. The molecule has 0 saturated heterocycles. The van der Waals surface area contributed by atoms with Crippen molar-refractivity contribution in [2.45, 2.75) is 6.92 Å². The van der Waals surface area contributed by atoms with E-state index < -0.39 is 5.97 Å². The molecule has 5 nitrogen and oxygen atoms in total. The molecule has 94 valence electrons. The third kappa shape index (κ3) is 3.01. The van der Waals surface area contributed by atoms with Crippen LogP contribution in [0, 0.1) is 0 Å². The molecule has 2 aromatic rings. The van der Waals surface area contributed by atoms with Gasteiger partial charge in [0.25, 0.3) is 6.01 Å². The molecule has 1 aromatic heterocycles. The van der Waals surface area contributed by atoms with E-state index in [1.54, 1.807) is 31.2 Å².